The molecule has 3 nitrogen and oxygen atoms in total. The normalized spacial score (nSPS) is 18.7. The van der Waals surface area contributed by atoms with Crippen LogP contribution in [0.5, 0.6) is 0 Å². The summed E-state index contributed by atoms with van der Waals surface area (Å²) in [7, 11) is 0. The van der Waals surface area contributed by atoms with Gasteiger partial charge in [-0.05, 0) is 24.1 Å². The van der Waals surface area contributed by atoms with Crippen LogP contribution >= 0.6 is 0 Å². The van der Waals surface area contributed by atoms with Crippen molar-refractivity contribution >= 4 is 5.97 Å². The van der Waals surface area contributed by atoms with Crippen molar-refractivity contribution in [2.24, 2.45) is 5.92 Å². The van der Waals surface area contributed by atoms with E-state index >= 15 is 0 Å². The van der Waals surface area contributed by atoms with Crippen LogP contribution in [0.4, 0.5) is 4.39 Å². The van der Waals surface area contributed by atoms with E-state index in [0.717, 1.165) is 12.0 Å². The Labute approximate surface area is 99.9 Å². The predicted octanol–water partition coefficient (Wildman–Crippen LogP) is 2.29. The monoisotopic (exact) mass is 237 g/mol. The van der Waals surface area contributed by atoms with Gasteiger partial charge in [-0.3, -0.25) is 9.69 Å². The van der Waals surface area contributed by atoms with Crippen LogP contribution in [0.1, 0.15) is 24.9 Å². The molecular weight excluding hydrogens is 221 g/mol. The number of rotatable bonds is 4. The lowest BCUT2D eigenvalue weighted by Gasteiger charge is -2.42. The predicted molar refractivity (Wildman–Crippen MR) is 62.1 cm³/mol. The van der Waals surface area contributed by atoms with Crippen LogP contribution in [-0.4, -0.2) is 29.1 Å². The fourth-order valence-electron chi connectivity index (χ4n) is 2.34. The molecule has 1 aliphatic rings. The summed E-state index contributed by atoms with van der Waals surface area (Å²) in [6, 6.07) is 6.67. The van der Waals surface area contributed by atoms with Crippen molar-refractivity contribution in [3.05, 3.63) is 35.6 Å². The van der Waals surface area contributed by atoms with Gasteiger partial charge in [0.25, 0.3) is 0 Å². The fraction of sp³-hybridized carbons (Fsp3) is 0.462. The van der Waals surface area contributed by atoms with Crippen molar-refractivity contribution < 1.29 is 14.3 Å². The van der Waals surface area contributed by atoms with E-state index in [0.29, 0.717) is 13.1 Å². The molecule has 0 saturated carbocycles. The maximum Gasteiger partial charge on any atom is 0.309 e. The molecule has 92 valence electrons. The first-order valence-corrected chi connectivity index (χ1v) is 5.84. The number of carbonyl (C=O) groups is 1. The highest BCUT2D eigenvalue weighted by molar-refractivity contribution is 5.71. The summed E-state index contributed by atoms with van der Waals surface area (Å²) in [4.78, 5) is 12.8. The van der Waals surface area contributed by atoms with Crippen molar-refractivity contribution in [3.63, 3.8) is 0 Å². The van der Waals surface area contributed by atoms with Crippen LogP contribution in [0.25, 0.3) is 0 Å². The molecule has 0 spiro atoms. The summed E-state index contributed by atoms with van der Waals surface area (Å²) >= 11 is 0. The number of benzene rings is 1. The lowest BCUT2D eigenvalue weighted by Crippen LogP contribution is -2.51. The number of carboxylic acids is 1. The SMILES string of the molecule is CC[C@H](c1cccc(F)c1)N1CC(C(=O)O)C1. The van der Waals surface area contributed by atoms with Gasteiger partial charge in [0.15, 0.2) is 0 Å². The van der Waals surface area contributed by atoms with Crippen molar-refractivity contribution in [2.75, 3.05) is 13.1 Å². The number of aliphatic carboxylic acids is 1. The third-order valence-corrected chi connectivity index (χ3v) is 3.32. The van der Waals surface area contributed by atoms with Crippen LogP contribution < -0.4 is 0 Å². The van der Waals surface area contributed by atoms with Gasteiger partial charge in [0.2, 0.25) is 0 Å². The Balaban J connectivity index is 2.06. The Morgan fingerprint density at radius 3 is 2.82 bits per heavy atom. The van der Waals surface area contributed by atoms with E-state index in [1.807, 2.05) is 13.0 Å². The lowest BCUT2D eigenvalue weighted by atomic mass is 9.93. The van der Waals surface area contributed by atoms with E-state index in [1.54, 1.807) is 6.07 Å². The van der Waals surface area contributed by atoms with Gasteiger partial charge in [0.05, 0.1) is 5.92 Å². The molecule has 1 aromatic carbocycles. The van der Waals surface area contributed by atoms with Crippen molar-refractivity contribution in [3.8, 4) is 0 Å². The maximum absolute atomic E-state index is 13.1. The summed E-state index contributed by atoms with van der Waals surface area (Å²) in [6.45, 7) is 3.15. The minimum atomic E-state index is -0.740. The smallest absolute Gasteiger partial charge is 0.309 e. The maximum atomic E-state index is 13.1. The second-order valence-corrected chi connectivity index (χ2v) is 4.47. The lowest BCUT2D eigenvalue weighted by molar-refractivity contribution is -0.148. The molecule has 0 amide bonds. The van der Waals surface area contributed by atoms with Crippen molar-refractivity contribution in [2.45, 2.75) is 19.4 Å². The quantitative estimate of drug-likeness (QED) is 0.873. The first kappa shape index (κ1) is 12.0. The molecule has 0 bridgehead atoms. The molecule has 2 rings (SSSR count). The van der Waals surface area contributed by atoms with Gasteiger partial charge in [0.1, 0.15) is 5.82 Å². The standard InChI is InChI=1S/C13H16FNO2/c1-2-12(9-4-3-5-11(14)6-9)15-7-10(8-15)13(16)17/h3-6,10,12H,2,7-8H2,1H3,(H,16,17)/t12-/m1/s1. The Hall–Kier alpha value is -1.42. The Bertz CT molecular complexity index is 416. The average Bonchev–Trinajstić information content (AvgIpc) is 2.21. The number of hydrogen-bond donors (Lipinski definition) is 1. The summed E-state index contributed by atoms with van der Waals surface area (Å²) in [5.74, 6) is -1.25. The number of hydrogen-bond acceptors (Lipinski definition) is 2. The van der Waals surface area contributed by atoms with Gasteiger partial charge in [0, 0.05) is 19.1 Å². The molecule has 17 heavy (non-hydrogen) atoms. The molecule has 0 aliphatic carbocycles. The van der Waals surface area contributed by atoms with Gasteiger partial charge in [-0.25, -0.2) is 4.39 Å². The molecule has 1 N–H and O–H groups in total. The number of carboxylic acid groups (broad SMARTS) is 1. The van der Waals surface area contributed by atoms with Crippen LogP contribution in [0, 0.1) is 11.7 Å². The van der Waals surface area contributed by atoms with E-state index in [9.17, 15) is 9.18 Å². The zero-order valence-electron chi connectivity index (χ0n) is 9.77. The minimum absolute atomic E-state index is 0.126. The minimum Gasteiger partial charge on any atom is -0.481 e. The van der Waals surface area contributed by atoms with Gasteiger partial charge in [-0.1, -0.05) is 19.1 Å². The molecular formula is C13H16FNO2. The fourth-order valence-corrected chi connectivity index (χ4v) is 2.34. The highest BCUT2D eigenvalue weighted by atomic mass is 19.1. The Morgan fingerprint density at radius 1 is 1.59 bits per heavy atom. The van der Waals surface area contributed by atoms with Gasteiger partial charge >= 0.3 is 5.97 Å². The summed E-state index contributed by atoms with van der Waals surface area (Å²) in [5, 5.41) is 8.83. The third kappa shape index (κ3) is 2.47. The van der Waals surface area contributed by atoms with Crippen LogP contribution in [0.2, 0.25) is 0 Å². The Kier molecular flexibility index (Phi) is 3.43. The largest absolute Gasteiger partial charge is 0.481 e. The zero-order chi connectivity index (χ0) is 12.4. The second-order valence-electron chi connectivity index (χ2n) is 4.47. The first-order chi connectivity index (χ1) is 8.11. The molecule has 1 saturated heterocycles. The van der Waals surface area contributed by atoms with Gasteiger partial charge in [-0.15, -0.1) is 0 Å². The number of likely N-dealkylation sites (tertiary alicyclic amines) is 1. The summed E-state index contributed by atoms with van der Waals surface area (Å²) < 4.78 is 13.1. The van der Waals surface area contributed by atoms with Crippen LogP contribution in [-0.2, 0) is 4.79 Å². The van der Waals surface area contributed by atoms with E-state index in [1.165, 1.54) is 12.1 Å². The highest BCUT2D eigenvalue weighted by Crippen LogP contribution is 2.31. The first-order valence-electron chi connectivity index (χ1n) is 5.84. The van der Waals surface area contributed by atoms with Crippen LogP contribution in [0.15, 0.2) is 24.3 Å². The van der Waals surface area contributed by atoms with E-state index in [-0.39, 0.29) is 17.8 Å². The molecule has 0 unspecified atom stereocenters. The van der Waals surface area contributed by atoms with Crippen molar-refractivity contribution in [1.29, 1.82) is 0 Å². The van der Waals surface area contributed by atoms with E-state index in [4.69, 9.17) is 5.11 Å². The number of nitrogens with zero attached hydrogens (tertiary/aromatic N) is 1. The molecule has 1 aliphatic heterocycles. The van der Waals surface area contributed by atoms with Gasteiger partial charge < -0.3 is 5.11 Å². The summed E-state index contributed by atoms with van der Waals surface area (Å²) in [5.41, 5.74) is 0.927. The van der Waals surface area contributed by atoms with Crippen molar-refractivity contribution in [1.82, 2.24) is 4.90 Å². The number of halogens is 1. The van der Waals surface area contributed by atoms with E-state index < -0.39 is 5.97 Å². The third-order valence-electron chi connectivity index (χ3n) is 3.32. The Morgan fingerprint density at radius 2 is 2.29 bits per heavy atom. The van der Waals surface area contributed by atoms with Crippen LogP contribution in [0.3, 0.4) is 0 Å². The van der Waals surface area contributed by atoms with Gasteiger partial charge in [-0.2, -0.15) is 0 Å². The molecule has 0 aromatic heterocycles. The molecule has 1 aromatic rings. The molecule has 0 radical (unpaired) electrons. The van der Waals surface area contributed by atoms with E-state index in [2.05, 4.69) is 4.90 Å². The average molecular weight is 237 g/mol. The second kappa shape index (κ2) is 4.84. The molecule has 1 atom stereocenters. The topological polar surface area (TPSA) is 40.5 Å². The molecule has 1 heterocycles. The summed E-state index contributed by atoms with van der Waals surface area (Å²) in [6.07, 6.45) is 0.857. The molecule has 1 fully saturated rings. The molecule has 4 heteroatoms. The highest BCUT2D eigenvalue weighted by Gasteiger charge is 2.36. The zero-order valence-corrected chi connectivity index (χ0v) is 9.77.